The van der Waals surface area contributed by atoms with Gasteiger partial charge in [-0.15, -0.1) is 0 Å². The van der Waals surface area contributed by atoms with Gasteiger partial charge in [0.2, 0.25) is 0 Å². The summed E-state index contributed by atoms with van der Waals surface area (Å²) in [6.07, 6.45) is 1.24. The number of nitrogens with one attached hydrogen (secondary N) is 1. The molecule has 4 unspecified atom stereocenters. The van der Waals surface area contributed by atoms with Crippen molar-refractivity contribution in [1.29, 1.82) is 0 Å². The summed E-state index contributed by atoms with van der Waals surface area (Å²) in [5, 5.41) is 4.39. The highest BCUT2D eigenvalue weighted by molar-refractivity contribution is 6.30. The number of halogens is 1. The number of hydrogen-bond acceptors (Lipinski definition) is 2. The molecule has 2 nitrogen and oxygen atoms in total. The van der Waals surface area contributed by atoms with Crippen molar-refractivity contribution in [2.24, 2.45) is 11.8 Å². The Bertz CT molecular complexity index is 448. The lowest BCUT2D eigenvalue weighted by molar-refractivity contribution is 0.165. The van der Waals surface area contributed by atoms with E-state index in [1.807, 2.05) is 6.07 Å². The van der Waals surface area contributed by atoms with Crippen LogP contribution in [0.1, 0.15) is 31.9 Å². The van der Waals surface area contributed by atoms with Gasteiger partial charge in [0.1, 0.15) is 0 Å². The van der Waals surface area contributed by atoms with Crippen molar-refractivity contribution >= 4 is 11.6 Å². The van der Waals surface area contributed by atoms with E-state index >= 15 is 0 Å². The Morgan fingerprint density at radius 3 is 3.00 bits per heavy atom. The van der Waals surface area contributed by atoms with E-state index in [-0.39, 0.29) is 0 Å². The molecule has 0 spiro atoms. The molecule has 0 saturated carbocycles. The molecule has 0 amide bonds. The molecular weight excluding hydrogens is 256 g/mol. The molecule has 1 N–H and O–H groups in total. The van der Waals surface area contributed by atoms with Crippen molar-refractivity contribution in [3.8, 4) is 0 Å². The van der Waals surface area contributed by atoms with Gasteiger partial charge in [-0.2, -0.15) is 0 Å². The van der Waals surface area contributed by atoms with Crippen LogP contribution in [0, 0.1) is 11.8 Å². The Hall–Kier alpha value is -0.570. The number of likely N-dealkylation sites (tertiary alicyclic amines) is 1. The molecular formula is C16H23ClN2. The van der Waals surface area contributed by atoms with Crippen molar-refractivity contribution in [3.63, 3.8) is 0 Å². The zero-order valence-electron chi connectivity index (χ0n) is 11.8. The van der Waals surface area contributed by atoms with Crippen LogP contribution in [0.4, 0.5) is 0 Å². The van der Waals surface area contributed by atoms with E-state index in [4.69, 9.17) is 11.6 Å². The topological polar surface area (TPSA) is 15.3 Å². The Morgan fingerprint density at radius 1 is 1.42 bits per heavy atom. The Labute approximate surface area is 121 Å². The van der Waals surface area contributed by atoms with E-state index in [0.717, 1.165) is 16.9 Å². The minimum Gasteiger partial charge on any atom is -0.316 e. The van der Waals surface area contributed by atoms with Crippen LogP contribution >= 0.6 is 11.6 Å². The van der Waals surface area contributed by atoms with Crippen LogP contribution in [0.5, 0.6) is 0 Å². The molecule has 1 aromatic rings. The van der Waals surface area contributed by atoms with Crippen LogP contribution in [-0.2, 0) is 0 Å². The van der Waals surface area contributed by atoms with E-state index in [2.05, 4.69) is 42.3 Å². The summed E-state index contributed by atoms with van der Waals surface area (Å²) in [5.41, 5.74) is 1.35. The standard InChI is InChI=1S/C16H23ClN2/c1-3-16-15-9-18-8-13(15)10-19(16)11(2)12-5-4-6-14(17)7-12/h4-7,11,13,15-16,18H,3,8-10H2,1-2H3. The third kappa shape index (κ3) is 2.42. The van der Waals surface area contributed by atoms with E-state index in [1.165, 1.54) is 31.6 Å². The fourth-order valence-corrected chi connectivity index (χ4v) is 4.19. The van der Waals surface area contributed by atoms with Gasteiger partial charge < -0.3 is 5.32 Å². The van der Waals surface area contributed by atoms with Gasteiger partial charge in [0.15, 0.2) is 0 Å². The number of nitrogens with zero attached hydrogens (tertiary/aromatic N) is 1. The number of fused-ring (bicyclic) bond motifs is 1. The second kappa shape index (κ2) is 5.43. The molecule has 104 valence electrons. The van der Waals surface area contributed by atoms with Crippen LogP contribution in [-0.4, -0.2) is 30.6 Å². The first-order valence-corrected chi connectivity index (χ1v) is 7.80. The molecule has 2 aliphatic heterocycles. The van der Waals surface area contributed by atoms with E-state index in [0.29, 0.717) is 12.1 Å². The van der Waals surface area contributed by atoms with Gasteiger partial charge in [-0.05, 0) is 56.0 Å². The van der Waals surface area contributed by atoms with Crippen molar-refractivity contribution in [3.05, 3.63) is 34.9 Å². The zero-order chi connectivity index (χ0) is 13.4. The fraction of sp³-hybridized carbons (Fsp3) is 0.625. The van der Waals surface area contributed by atoms with Gasteiger partial charge in [-0.3, -0.25) is 4.90 Å². The molecule has 0 aromatic heterocycles. The maximum Gasteiger partial charge on any atom is 0.0409 e. The average molecular weight is 279 g/mol. The summed E-state index contributed by atoms with van der Waals surface area (Å²) < 4.78 is 0. The van der Waals surface area contributed by atoms with E-state index in [1.54, 1.807) is 0 Å². The zero-order valence-corrected chi connectivity index (χ0v) is 12.5. The molecule has 1 aromatic carbocycles. The van der Waals surface area contributed by atoms with Crippen molar-refractivity contribution in [2.45, 2.75) is 32.4 Å². The van der Waals surface area contributed by atoms with Gasteiger partial charge in [0.05, 0.1) is 0 Å². The molecule has 2 fully saturated rings. The van der Waals surface area contributed by atoms with Crippen LogP contribution in [0.25, 0.3) is 0 Å². The van der Waals surface area contributed by atoms with Gasteiger partial charge in [-0.1, -0.05) is 30.7 Å². The van der Waals surface area contributed by atoms with Crippen LogP contribution < -0.4 is 5.32 Å². The molecule has 0 radical (unpaired) electrons. The highest BCUT2D eigenvalue weighted by Crippen LogP contribution is 2.39. The second-order valence-electron chi connectivity index (χ2n) is 5.99. The molecule has 4 atom stereocenters. The van der Waals surface area contributed by atoms with Gasteiger partial charge in [0.25, 0.3) is 0 Å². The average Bonchev–Trinajstić information content (AvgIpc) is 2.97. The summed E-state index contributed by atoms with van der Waals surface area (Å²) in [6, 6.07) is 9.52. The third-order valence-corrected chi connectivity index (χ3v) is 5.24. The predicted molar refractivity (Wildman–Crippen MR) is 80.5 cm³/mol. The third-order valence-electron chi connectivity index (χ3n) is 5.00. The maximum atomic E-state index is 6.13. The molecule has 2 saturated heterocycles. The molecule has 2 aliphatic rings. The van der Waals surface area contributed by atoms with Crippen molar-refractivity contribution in [1.82, 2.24) is 10.2 Å². The first kappa shape index (κ1) is 13.4. The maximum absolute atomic E-state index is 6.13. The fourth-order valence-electron chi connectivity index (χ4n) is 4.00. The van der Waals surface area contributed by atoms with E-state index in [9.17, 15) is 0 Å². The molecule has 3 rings (SSSR count). The summed E-state index contributed by atoms with van der Waals surface area (Å²) in [7, 11) is 0. The number of benzene rings is 1. The number of hydrogen-bond donors (Lipinski definition) is 1. The molecule has 19 heavy (non-hydrogen) atoms. The normalized spacial score (nSPS) is 32.5. The van der Waals surface area contributed by atoms with Crippen molar-refractivity contribution < 1.29 is 0 Å². The van der Waals surface area contributed by atoms with E-state index < -0.39 is 0 Å². The van der Waals surface area contributed by atoms with Gasteiger partial charge in [0, 0.05) is 23.7 Å². The predicted octanol–water partition coefficient (Wildman–Crippen LogP) is 3.33. The lowest BCUT2D eigenvalue weighted by Crippen LogP contribution is -2.36. The molecule has 2 heterocycles. The van der Waals surface area contributed by atoms with Crippen molar-refractivity contribution in [2.75, 3.05) is 19.6 Å². The summed E-state index contributed by atoms with van der Waals surface area (Å²) in [4.78, 5) is 2.70. The summed E-state index contributed by atoms with van der Waals surface area (Å²) in [5.74, 6) is 1.68. The molecule has 0 aliphatic carbocycles. The largest absolute Gasteiger partial charge is 0.316 e. The monoisotopic (exact) mass is 278 g/mol. The smallest absolute Gasteiger partial charge is 0.0409 e. The first-order valence-electron chi connectivity index (χ1n) is 7.42. The van der Waals surface area contributed by atoms with Gasteiger partial charge in [-0.25, -0.2) is 0 Å². The highest BCUT2D eigenvalue weighted by atomic mass is 35.5. The minimum absolute atomic E-state index is 0.467. The molecule has 3 heteroatoms. The first-order chi connectivity index (χ1) is 9.20. The quantitative estimate of drug-likeness (QED) is 0.912. The summed E-state index contributed by atoms with van der Waals surface area (Å²) in [6.45, 7) is 8.26. The second-order valence-corrected chi connectivity index (χ2v) is 6.42. The van der Waals surface area contributed by atoms with Gasteiger partial charge >= 0.3 is 0 Å². The van der Waals surface area contributed by atoms with Crippen LogP contribution in [0.2, 0.25) is 5.02 Å². The Kier molecular flexibility index (Phi) is 3.84. The lowest BCUT2D eigenvalue weighted by Gasteiger charge is -2.32. The molecule has 0 bridgehead atoms. The Balaban J connectivity index is 1.81. The number of rotatable bonds is 3. The Morgan fingerprint density at radius 2 is 2.26 bits per heavy atom. The highest BCUT2D eigenvalue weighted by Gasteiger charge is 2.44. The van der Waals surface area contributed by atoms with Crippen LogP contribution in [0.15, 0.2) is 24.3 Å². The summed E-state index contributed by atoms with van der Waals surface area (Å²) >= 11 is 6.13. The van der Waals surface area contributed by atoms with Crippen LogP contribution in [0.3, 0.4) is 0 Å². The SMILES string of the molecule is CCC1C2CNCC2CN1C(C)c1cccc(Cl)c1. The lowest BCUT2D eigenvalue weighted by atomic mass is 9.92. The minimum atomic E-state index is 0.467.